The van der Waals surface area contributed by atoms with Gasteiger partial charge in [-0.1, -0.05) is 11.6 Å². The Kier molecular flexibility index (Phi) is 3.30. The number of halogens is 1. The van der Waals surface area contributed by atoms with Crippen LogP contribution in [0.4, 0.5) is 5.95 Å². The van der Waals surface area contributed by atoms with Gasteiger partial charge in [0.25, 0.3) is 5.91 Å². The third kappa shape index (κ3) is 2.33. The Hall–Kier alpha value is -1.40. The van der Waals surface area contributed by atoms with Crippen LogP contribution in [0, 0.1) is 6.92 Å². The molecule has 1 aliphatic rings. The predicted octanol–water partition coefficient (Wildman–Crippen LogP) is 2.93. The van der Waals surface area contributed by atoms with E-state index in [0.29, 0.717) is 22.0 Å². The molecule has 2 heterocycles. The normalized spacial score (nSPS) is 14.6. The molecule has 1 amide bonds. The molecule has 0 aliphatic heterocycles. The SMILES string of the molecule is Cc1c(C(=O)N(C)C)sc2nc(NC3CC3)nc(Cl)c12. The zero-order chi connectivity index (χ0) is 14.4. The van der Waals surface area contributed by atoms with Crippen LogP contribution < -0.4 is 5.32 Å². The van der Waals surface area contributed by atoms with E-state index in [2.05, 4.69) is 15.3 Å². The molecule has 0 radical (unpaired) electrons. The Bertz CT molecular complexity index is 693. The Balaban J connectivity index is 2.09. The fourth-order valence-corrected chi connectivity index (χ4v) is 3.54. The number of hydrogen-bond donors (Lipinski definition) is 1. The highest BCUT2D eigenvalue weighted by molar-refractivity contribution is 7.20. The van der Waals surface area contributed by atoms with E-state index < -0.39 is 0 Å². The average molecular weight is 311 g/mol. The van der Waals surface area contributed by atoms with E-state index in [4.69, 9.17) is 11.6 Å². The first kappa shape index (κ1) is 13.6. The van der Waals surface area contributed by atoms with Crippen molar-refractivity contribution in [2.45, 2.75) is 25.8 Å². The van der Waals surface area contributed by atoms with Gasteiger partial charge in [0.2, 0.25) is 5.95 Å². The molecule has 2 aromatic heterocycles. The monoisotopic (exact) mass is 310 g/mol. The van der Waals surface area contributed by atoms with Crippen molar-refractivity contribution in [1.29, 1.82) is 0 Å². The van der Waals surface area contributed by atoms with Crippen molar-refractivity contribution in [2.75, 3.05) is 19.4 Å². The van der Waals surface area contributed by atoms with Crippen LogP contribution in [0.25, 0.3) is 10.2 Å². The van der Waals surface area contributed by atoms with Crippen molar-refractivity contribution in [3.8, 4) is 0 Å². The van der Waals surface area contributed by atoms with Crippen LogP contribution in [0.15, 0.2) is 0 Å². The lowest BCUT2D eigenvalue weighted by atomic mass is 10.2. The molecule has 1 saturated carbocycles. The molecule has 3 rings (SSSR count). The largest absolute Gasteiger partial charge is 0.351 e. The molecule has 1 aliphatic carbocycles. The fourth-order valence-electron chi connectivity index (χ4n) is 1.97. The van der Waals surface area contributed by atoms with Crippen molar-refractivity contribution in [1.82, 2.24) is 14.9 Å². The highest BCUT2D eigenvalue weighted by Crippen LogP contribution is 2.35. The molecule has 0 aromatic carbocycles. The van der Waals surface area contributed by atoms with Crippen LogP contribution in [0.1, 0.15) is 28.1 Å². The summed E-state index contributed by atoms with van der Waals surface area (Å²) in [6.45, 7) is 1.89. The minimum absolute atomic E-state index is 0.0294. The number of carbonyl (C=O) groups is 1. The van der Waals surface area contributed by atoms with Gasteiger partial charge in [0.15, 0.2) is 0 Å². The lowest BCUT2D eigenvalue weighted by molar-refractivity contribution is 0.0831. The number of nitrogens with zero attached hydrogens (tertiary/aromatic N) is 3. The average Bonchev–Trinajstić information content (AvgIpc) is 3.11. The maximum absolute atomic E-state index is 12.1. The van der Waals surface area contributed by atoms with E-state index in [1.165, 1.54) is 11.3 Å². The Morgan fingerprint density at radius 3 is 2.70 bits per heavy atom. The van der Waals surface area contributed by atoms with E-state index in [1.807, 2.05) is 6.92 Å². The van der Waals surface area contributed by atoms with E-state index in [0.717, 1.165) is 28.6 Å². The van der Waals surface area contributed by atoms with Gasteiger partial charge >= 0.3 is 0 Å². The van der Waals surface area contributed by atoms with Gasteiger partial charge in [-0.25, -0.2) is 9.97 Å². The number of anilines is 1. The topological polar surface area (TPSA) is 58.1 Å². The Morgan fingerprint density at radius 2 is 2.10 bits per heavy atom. The van der Waals surface area contributed by atoms with E-state index >= 15 is 0 Å². The van der Waals surface area contributed by atoms with Gasteiger partial charge in [-0.05, 0) is 25.3 Å². The molecule has 0 spiro atoms. The molecular weight excluding hydrogens is 296 g/mol. The molecule has 0 atom stereocenters. The van der Waals surface area contributed by atoms with E-state index in [1.54, 1.807) is 19.0 Å². The Morgan fingerprint density at radius 1 is 1.40 bits per heavy atom. The summed E-state index contributed by atoms with van der Waals surface area (Å²) in [6, 6.07) is 0.465. The number of hydrogen-bond acceptors (Lipinski definition) is 5. The molecular formula is C13H15ClN4OS. The first-order valence-corrected chi connectivity index (χ1v) is 7.61. The van der Waals surface area contributed by atoms with Gasteiger partial charge in [0.05, 0.1) is 10.3 Å². The zero-order valence-corrected chi connectivity index (χ0v) is 13.1. The number of thiophene rings is 1. The minimum atomic E-state index is -0.0294. The van der Waals surface area contributed by atoms with E-state index in [-0.39, 0.29) is 5.91 Å². The zero-order valence-electron chi connectivity index (χ0n) is 11.5. The minimum Gasteiger partial charge on any atom is -0.351 e. The second-order valence-corrected chi connectivity index (χ2v) is 6.55. The molecule has 106 valence electrons. The van der Waals surface area contributed by atoms with Gasteiger partial charge in [0.1, 0.15) is 9.98 Å². The van der Waals surface area contributed by atoms with Crippen molar-refractivity contribution in [3.05, 3.63) is 15.6 Å². The molecule has 2 aromatic rings. The third-order valence-corrected chi connectivity index (χ3v) is 4.70. The van der Waals surface area contributed by atoms with Crippen LogP contribution in [-0.4, -0.2) is 40.9 Å². The second kappa shape index (κ2) is 4.86. The number of nitrogens with one attached hydrogen (secondary N) is 1. The van der Waals surface area contributed by atoms with Gasteiger partial charge in [-0.2, -0.15) is 0 Å². The lowest BCUT2D eigenvalue weighted by Crippen LogP contribution is -2.21. The van der Waals surface area contributed by atoms with Crippen molar-refractivity contribution < 1.29 is 4.79 Å². The first-order valence-electron chi connectivity index (χ1n) is 6.42. The quantitative estimate of drug-likeness (QED) is 0.886. The second-order valence-electron chi connectivity index (χ2n) is 5.19. The smallest absolute Gasteiger partial charge is 0.263 e. The van der Waals surface area contributed by atoms with Crippen LogP contribution in [-0.2, 0) is 0 Å². The van der Waals surface area contributed by atoms with Gasteiger partial charge in [-0.3, -0.25) is 4.79 Å². The fraction of sp³-hybridized carbons (Fsp3) is 0.462. The molecule has 0 bridgehead atoms. The predicted molar refractivity (Wildman–Crippen MR) is 81.8 cm³/mol. The molecule has 0 unspecified atom stereocenters. The highest BCUT2D eigenvalue weighted by atomic mass is 35.5. The molecule has 7 heteroatoms. The van der Waals surface area contributed by atoms with Crippen LogP contribution >= 0.6 is 22.9 Å². The molecule has 20 heavy (non-hydrogen) atoms. The number of aromatic nitrogens is 2. The maximum atomic E-state index is 12.1. The number of aryl methyl sites for hydroxylation is 1. The number of rotatable bonds is 3. The highest BCUT2D eigenvalue weighted by Gasteiger charge is 2.24. The molecule has 1 fully saturated rings. The van der Waals surface area contributed by atoms with Crippen molar-refractivity contribution in [3.63, 3.8) is 0 Å². The van der Waals surface area contributed by atoms with Gasteiger partial charge in [0, 0.05) is 20.1 Å². The van der Waals surface area contributed by atoms with Gasteiger partial charge < -0.3 is 10.2 Å². The summed E-state index contributed by atoms with van der Waals surface area (Å²) in [5, 5.41) is 4.42. The van der Waals surface area contributed by atoms with Crippen LogP contribution in [0.5, 0.6) is 0 Å². The van der Waals surface area contributed by atoms with Crippen molar-refractivity contribution >= 4 is 45.0 Å². The standard InChI is InChI=1S/C13H15ClN4OS/c1-6-8-10(14)16-13(15-7-4-5-7)17-11(8)20-9(6)12(19)18(2)3/h7H,4-5H2,1-3H3,(H,15,16,17). The summed E-state index contributed by atoms with van der Waals surface area (Å²) in [4.78, 5) is 23.9. The molecule has 5 nitrogen and oxygen atoms in total. The van der Waals surface area contributed by atoms with E-state index in [9.17, 15) is 4.79 Å². The molecule has 0 saturated heterocycles. The summed E-state index contributed by atoms with van der Waals surface area (Å²) in [6.07, 6.45) is 2.29. The summed E-state index contributed by atoms with van der Waals surface area (Å²) in [5.41, 5.74) is 0.853. The van der Waals surface area contributed by atoms with Crippen LogP contribution in [0.2, 0.25) is 5.15 Å². The third-order valence-electron chi connectivity index (χ3n) is 3.26. The first-order chi connectivity index (χ1) is 9.47. The number of carbonyl (C=O) groups excluding carboxylic acids is 1. The van der Waals surface area contributed by atoms with Crippen molar-refractivity contribution in [2.24, 2.45) is 0 Å². The lowest BCUT2D eigenvalue weighted by Gasteiger charge is -2.08. The Labute approximate surface area is 126 Å². The number of fused-ring (bicyclic) bond motifs is 1. The van der Waals surface area contributed by atoms with Crippen LogP contribution in [0.3, 0.4) is 0 Å². The summed E-state index contributed by atoms with van der Waals surface area (Å²) in [7, 11) is 3.47. The summed E-state index contributed by atoms with van der Waals surface area (Å²) >= 11 is 7.63. The van der Waals surface area contributed by atoms with Gasteiger partial charge in [-0.15, -0.1) is 11.3 Å². The molecule has 1 N–H and O–H groups in total. The summed E-state index contributed by atoms with van der Waals surface area (Å²) in [5.74, 6) is 0.522. The maximum Gasteiger partial charge on any atom is 0.263 e. The number of amides is 1. The summed E-state index contributed by atoms with van der Waals surface area (Å²) < 4.78 is 0.